The lowest BCUT2D eigenvalue weighted by molar-refractivity contribution is -0.162. The zero-order valence-electron chi connectivity index (χ0n) is 24.3. The van der Waals surface area contributed by atoms with Crippen LogP contribution >= 0.6 is 0 Å². The molecule has 1 unspecified atom stereocenters. The van der Waals surface area contributed by atoms with Gasteiger partial charge < -0.3 is 14.6 Å². The summed E-state index contributed by atoms with van der Waals surface area (Å²) < 4.78 is 64.7. The third kappa shape index (κ3) is 5.30. The monoisotopic (exact) mass is 411 g/mol. The highest BCUT2D eigenvalue weighted by atomic mass is 16.5. The van der Waals surface area contributed by atoms with Gasteiger partial charge in [0, 0.05) is 21.9 Å². The fourth-order valence-electron chi connectivity index (χ4n) is 4.76. The summed E-state index contributed by atoms with van der Waals surface area (Å²) in [6.45, 7) is 2.29. The number of rotatable bonds is 6. The number of fused-ring (bicyclic) bond motifs is 1. The van der Waals surface area contributed by atoms with E-state index in [9.17, 15) is 14.7 Å². The maximum Gasteiger partial charge on any atom is 0.308 e. The zero-order valence-corrected chi connectivity index (χ0v) is 17.3. The number of carbonyl (C=O) groups excluding carboxylic acids is 2. The molecule has 1 aliphatic heterocycles. The van der Waals surface area contributed by atoms with Gasteiger partial charge in [-0.3, -0.25) is 9.59 Å². The summed E-state index contributed by atoms with van der Waals surface area (Å²) in [6.07, 6.45) is -0.137. The molecule has 3 aliphatic rings. The van der Waals surface area contributed by atoms with E-state index >= 15 is 0 Å². The fourth-order valence-corrected chi connectivity index (χ4v) is 4.76. The normalized spacial score (nSPS) is 44.1. The molecule has 0 spiro atoms. The molecule has 1 N–H and O–H groups in total. The van der Waals surface area contributed by atoms with E-state index in [1.165, 1.54) is 6.92 Å². The standard InChI is InChI=1S/C24H36O5/c1-5-15(3)24(27)29-21-11-14(2)10-17-7-6-16(4)20(23(17)21)9-8-19-12-18(25)13-22(26)28-19/h6-7,10,14-16,18-21,23,25H,5,8-9,11-13H2,1-4H3/t14-,15-,16-,18+,19?,20-,21-,23-/m0/s1/i1D3,5D2,13D2. The van der Waals surface area contributed by atoms with Gasteiger partial charge in [-0.2, -0.15) is 0 Å². The average molecular weight is 412 g/mol. The van der Waals surface area contributed by atoms with Crippen LogP contribution in [0.15, 0.2) is 23.8 Å². The number of hydrogen-bond acceptors (Lipinski definition) is 5. The topological polar surface area (TPSA) is 72.8 Å². The number of aliphatic hydroxyl groups excluding tert-OH is 1. The van der Waals surface area contributed by atoms with Gasteiger partial charge in [-0.25, -0.2) is 0 Å². The number of esters is 2. The summed E-state index contributed by atoms with van der Waals surface area (Å²) >= 11 is 0. The van der Waals surface area contributed by atoms with Gasteiger partial charge in [0.25, 0.3) is 0 Å². The Balaban J connectivity index is 1.77. The van der Waals surface area contributed by atoms with Crippen LogP contribution in [0.3, 0.4) is 0 Å². The second-order valence-corrected chi connectivity index (χ2v) is 8.63. The van der Waals surface area contributed by atoms with E-state index in [4.69, 9.17) is 19.1 Å². The van der Waals surface area contributed by atoms with Crippen LogP contribution in [0.1, 0.15) is 75.6 Å². The lowest BCUT2D eigenvalue weighted by Crippen LogP contribution is -2.42. The van der Waals surface area contributed by atoms with Crippen molar-refractivity contribution in [1.29, 1.82) is 0 Å². The molecule has 29 heavy (non-hydrogen) atoms. The summed E-state index contributed by atoms with van der Waals surface area (Å²) in [4.78, 5) is 24.9. The summed E-state index contributed by atoms with van der Waals surface area (Å²) in [5, 5.41) is 10.1. The molecule has 5 nitrogen and oxygen atoms in total. The van der Waals surface area contributed by atoms with E-state index in [0.29, 0.717) is 19.3 Å². The first-order chi connectivity index (χ1) is 16.5. The molecular formula is C24H36O5. The Labute approximate surface area is 184 Å². The van der Waals surface area contributed by atoms with Crippen molar-refractivity contribution >= 4 is 11.9 Å². The maximum absolute atomic E-state index is 12.9. The molecule has 0 aromatic carbocycles. The zero-order chi connectivity index (χ0) is 27.2. The van der Waals surface area contributed by atoms with Crippen LogP contribution in [0, 0.1) is 29.6 Å². The Kier molecular flexibility index (Phi) is 4.70. The molecular weight excluding hydrogens is 368 g/mol. The summed E-state index contributed by atoms with van der Waals surface area (Å²) in [5.41, 5.74) is 0.998. The van der Waals surface area contributed by atoms with Crippen molar-refractivity contribution in [3.8, 4) is 0 Å². The molecule has 1 fully saturated rings. The van der Waals surface area contributed by atoms with Crippen LogP contribution in [0.5, 0.6) is 0 Å². The smallest absolute Gasteiger partial charge is 0.308 e. The van der Waals surface area contributed by atoms with Crippen LogP contribution in [0.25, 0.3) is 0 Å². The first-order valence-electron chi connectivity index (χ1n) is 14.0. The quantitative estimate of drug-likeness (QED) is 0.663. The summed E-state index contributed by atoms with van der Waals surface area (Å²) in [6, 6.07) is 0. The van der Waals surface area contributed by atoms with Gasteiger partial charge in [-0.15, -0.1) is 0 Å². The summed E-state index contributed by atoms with van der Waals surface area (Å²) in [7, 11) is 0. The van der Waals surface area contributed by atoms with E-state index in [0.717, 1.165) is 5.57 Å². The molecule has 1 saturated heterocycles. The second-order valence-electron chi connectivity index (χ2n) is 8.63. The predicted molar refractivity (Wildman–Crippen MR) is 111 cm³/mol. The number of hydrogen-bond donors (Lipinski definition) is 1. The van der Waals surface area contributed by atoms with Crippen LogP contribution in [0.4, 0.5) is 0 Å². The van der Waals surface area contributed by atoms with Crippen molar-refractivity contribution in [3.05, 3.63) is 23.8 Å². The van der Waals surface area contributed by atoms with Crippen molar-refractivity contribution in [2.24, 2.45) is 29.6 Å². The molecule has 0 radical (unpaired) electrons. The van der Waals surface area contributed by atoms with Gasteiger partial charge in [0.05, 0.1) is 18.4 Å². The van der Waals surface area contributed by atoms with Gasteiger partial charge >= 0.3 is 11.9 Å². The van der Waals surface area contributed by atoms with Crippen molar-refractivity contribution < 1.29 is 33.8 Å². The Morgan fingerprint density at radius 3 is 2.97 bits per heavy atom. The van der Waals surface area contributed by atoms with Crippen molar-refractivity contribution in [2.45, 2.75) is 84.4 Å². The highest BCUT2D eigenvalue weighted by Crippen LogP contribution is 2.45. The predicted octanol–water partition coefficient (Wildman–Crippen LogP) is 4.20. The molecule has 0 bridgehead atoms. The minimum atomic E-state index is -2.97. The molecule has 0 aromatic heterocycles. The van der Waals surface area contributed by atoms with E-state index in [1.807, 2.05) is 19.9 Å². The summed E-state index contributed by atoms with van der Waals surface area (Å²) in [5.74, 6) is -3.48. The minimum absolute atomic E-state index is 0.000210. The van der Waals surface area contributed by atoms with E-state index in [1.54, 1.807) is 0 Å². The van der Waals surface area contributed by atoms with Crippen molar-refractivity contribution in [3.63, 3.8) is 0 Å². The number of cyclic esters (lactones) is 1. The lowest BCUT2D eigenvalue weighted by atomic mass is 9.65. The Morgan fingerprint density at radius 1 is 1.45 bits per heavy atom. The molecule has 0 amide bonds. The van der Waals surface area contributed by atoms with E-state index in [2.05, 4.69) is 12.2 Å². The Morgan fingerprint density at radius 2 is 2.24 bits per heavy atom. The van der Waals surface area contributed by atoms with Crippen molar-refractivity contribution in [1.82, 2.24) is 0 Å². The highest BCUT2D eigenvalue weighted by Gasteiger charge is 2.42. The molecule has 0 aromatic rings. The van der Waals surface area contributed by atoms with E-state index < -0.39 is 55.8 Å². The van der Waals surface area contributed by atoms with Gasteiger partial charge in [0.2, 0.25) is 0 Å². The molecule has 5 heteroatoms. The third-order valence-electron chi connectivity index (χ3n) is 6.30. The van der Waals surface area contributed by atoms with Crippen LogP contribution in [0.2, 0.25) is 0 Å². The molecule has 2 aliphatic carbocycles. The SMILES string of the molecule is [2H]C1([2H])C(=O)OC(CC[C@@H]2[C@@H]3C(=C[C@H](C)C[C@@H]3OC(=O)[C@@H](C)C([2H])([2H])C([2H])([2H])[2H])C=C[C@@H]2C)C[C@H]1O. The highest BCUT2D eigenvalue weighted by molar-refractivity contribution is 5.72. The van der Waals surface area contributed by atoms with Crippen molar-refractivity contribution in [2.75, 3.05) is 0 Å². The first-order valence-corrected chi connectivity index (χ1v) is 10.5. The third-order valence-corrected chi connectivity index (χ3v) is 6.30. The minimum Gasteiger partial charge on any atom is -0.462 e. The molecule has 162 valence electrons. The molecule has 1 heterocycles. The van der Waals surface area contributed by atoms with Crippen LogP contribution < -0.4 is 0 Å². The number of allylic oxidation sites excluding steroid dienone is 3. The second kappa shape index (κ2) is 9.46. The molecule has 3 rings (SSSR count). The number of aliphatic hydroxyl groups is 1. The maximum atomic E-state index is 12.9. The van der Waals surface area contributed by atoms with Gasteiger partial charge in [0.15, 0.2) is 0 Å². The number of ether oxygens (including phenoxy) is 2. The lowest BCUT2D eigenvalue weighted by Gasteiger charge is -2.43. The number of carbonyl (C=O) groups is 2. The van der Waals surface area contributed by atoms with Gasteiger partial charge in [0.1, 0.15) is 12.2 Å². The average Bonchev–Trinajstić information content (AvgIpc) is 2.75. The van der Waals surface area contributed by atoms with Crippen LogP contribution in [-0.4, -0.2) is 35.4 Å². The van der Waals surface area contributed by atoms with Gasteiger partial charge in [-0.05, 0) is 49.0 Å². The van der Waals surface area contributed by atoms with Gasteiger partial charge in [-0.1, -0.05) is 45.9 Å². The Hall–Kier alpha value is -1.62. The van der Waals surface area contributed by atoms with E-state index in [-0.39, 0.29) is 30.1 Å². The Bertz CT molecular complexity index is 913. The first kappa shape index (κ1) is 14.4. The fraction of sp³-hybridized carbons (Fsp3) is 0.750. The molecule has 8 atom stereocenters. The van der Waals surface area contributed by atoms with Crippen LogP contribution in [-0.2, 0) is 19.1 Å². The largest absolute Gasteiger partial charge is 0.462 e. The molecule has 0 saturated carbocycles.